The Bertz CT molecular complexity index is 878. The van der Waals surface area contributed by atoms with Crippen molar-refractivity contribution >= 4 is 17.3 Å². The molecule has 1 aliphatic rings. The number of hydrogen-bond donors (Lipinski definition) is 1. The van der Waals surface area contributed by atoms with E-state index in [9.17, 15) is 4.79 Å². The smallest absolute Gasteiger partial charge is 0.272 e. The maximum atomic E-state index is 12.7. The van der Waals surface area contributed by atoms with E-state index in [-0.39, 0.29) is 5.91 Å². The monoisotopic (exact) mass is 359 g/mol. The van der Waals surface area contributed by atoms with Crippen LogP contribution in [0.2, 0.25) is 0 Å². The third-order valence-corrected chi connectivity index (χ3v) is 5.10. The average molecular weight is 359 g/mol. The van der Waals surface area contributed by atoms with Crippen molar-refractivity contribution in [2.45, 2.75) is 25.8 Å². The summed E-state index contributed by atoms with van der Waals surface area (Å²) >= 11 is 0. The fourth-order valence-corrected chi connectivity index (χ4v) is 3.64. The topological polar surface area (TPSA) is 37.3 Å². The molecule has 2 heterocycles. The molecule has 0 bridgehead atoms. The van der Waals surface area contributed by atoms with Gasteiger partial charge in [-0.2, -0.15) is 0 Å². The Balaban J connectivity index is 1.43. The van der Waals surface area contributed by atoms with Gasteiger partial charge in [-0.15, -0.1) is 0 Å². The summed E-state index contributed by atoms with van der Waals surface area (Å²) < 4.78 is 1.98. The number of carbonyl (C=O) groups is 1. The summed E-state index contributed by atoms with van der Waals surface area (Å²) in [6.07, 6.45) is 5.79. The molecule has 138 valence electrons. The Kier molecular flexibility index (Phi) is 5.24. The van der Waals surface area contributed by atoms with E-state index >= 15 is 0 Å². The summed E-state index contributed by atoms with van der Waals surface area (Å²) in [5.74, 6) is -0.0818. The van der Waals surface area contributed by atoms with Crippen LogP contribution in [0.15, 0.2) is 72.9 Å². The summed E-state index contributed by atoms with van der Waals surface area (Å²) in [6.45, 7) is 2.93. The zero-order valence-electron chi connectivity index (χ0n) is 15.5. The van der Waals surface area contributed by atoms with Gasteiger partial charge in [0.05, 0.1) is 0 Å². The van der Waals surface area contributed by atoms with Crippen LogP contribution in [0.4, 0.5) is 11.4 Å². The normalized spacial score (nSPS) is 14.1. The third-order valence-electron chi connectivity index (χ3n) is 5.10. The Hall–Kier alpha value is -3.01. The number of anilines is 2. The van der Waals surface area contributed by atoms with Gasteiger partial charge in [0.1, 0.15) is 5.69 Å². The van der Waals surface area contributed by atoms with Crippen LogP contribution in [-0.4, -0.2) is 23.6 Å². The van der Waals surface area contributed by atoms with E-state index in [0.29, 0.717) is 12.2 Å². The van der Waals surface area contributed by atoms with Gasteiger partial charge in [-0.05, 0) is 61.2 Å². The molecule has 0 radical (unpaired) electrons. The first-order valence-corrected chi connectivity index (χ1v) is 9.65. The number of aromatic nitrogens is 1. The molecule has 1 saturated heterocycles. The number of carbonyl (C=O) groups excluding carboxylic acids is 1. The van der Waals surface area contributed by atoms with Crippen molar-refractivity contribution in [3.8, 4) is 0 Å². The van der Waals surface area contributed by atoms with Gasteiger partial charge < -0.3 is 14.8 Å². The van der Waals surface area contributed by atoms with Crippen LogP contribution >= 0.6 is 0 Å². The van der Waals surface area contributed by atoms with Crippen molar-refractivity contribution in [2.24, 2.45) is 0 Å². The minimum atomic E-state index is -0.0818. The van der Waals surface area contributed by atoms with Crippen molar-refractivity contribution in [3.05, 3.63) is 84.2 Å². The number of benzene rings is 2. The fourth-order valence-electron chi connectivity index (χ4n) is 3.64. The molecular formula is C23H25N3O. The lowest BCUT2D eigenvalue weighted by atomic mass is 10.1. The molecule has 1 aromatic heterocycles. The van der Waals surface area contributed by atoms with Crippen LogP contribution in [-0.2, 0) is 6.54 Å². The number of amides is 1. The van der Waals surface area contributed by atoms with Crippen LogP contribution in [0.5, 0.6) is 0 Å². The van der Waals surface area contributed by atoms with E-state index in [1.807, 2.05) is 53.2 Å². The van der Waals surface area contributed by atoms with E-state index in [1.165, 1.54) is 30.5 Å². The van der Waals surface area contributed by atoms with Crippen molar-refractivity contribution in [1.29, 1.82) is 0 Å². The lowest BCUT2D eigenvalue weighted by molar-refractivity contribution is 0.101. The van der Waals surface area contributed by atoms with E-state index in [4.69, 9.17) is 0 Å². The molecule has 4 heteroatoms. The molecular weight excluding hydrogens is 334 g/mol. The molecule has 2 aromatic carbocycles. The lowest BCUT2D eigenvalue weighted by Crippen LogP contribution is -2.29. The van der Waals surface area contributed by atoms with E-state index < -0.39 is 0 Å². The van der Waals surface area contributed by atoms with Crippen molar-refractivity contribution in [2.75, 3.05) is 23.3 Å². The van der Waals surface area contributed by atoms with E-state index in [2.05, 4.69) is 34.5 Å². The molecule has 27 heavy (non-hydrogen) atoms. The Morgan fingerprint density at radius 1 is 0.852 bits per heavy atom. The minimum absolute atomic E-state index is 0.0818. The highest BCUT2D eigenvalue weighted by Crippen LogP contribution is 2.22. The Morgan fingerprint density at radius 2 is 1.59 bits per heavy atom. The number of piperidine rings is 1. The molecule has 0 unspecified atom stereocenters. The molecule has 0 aliphatic carbocycles. The quantitative estimate of drug-likeness (QED) is 0.712. The fraction of sp³-hybridized carbons (Fsp3) is 0.261. The molecule has 0 spiro atoms. The van der Waals surface area contributed by atoms with Gasteiger partial charge in [-0.25, -0.2) is 0 Å². The zero-order valence-corrected chi connectivity index (χ0v) is 15.5. The first-order valence-electron chi connectivity index (χ1n) is 9.65. The molecule has 3 aromatic rings. The molecule has 1 fully saturated rings. The molecule has 4 nitrogen and oxygen atoms in total. The SMILES string of the molecule is O=C(Nc1ccc(N2CCCCC2)cc1)c1cccn1Cc1ccccc1. The second-order valence-electron chi connectivity index (χ2n) is 7.06. The minimum Gasteiger partial charge on any atom is -0.372 e. The second kappa shape index (κ2) is 8.12. The van der Waals surface area contributed by atoms with E-state index in [0.717, 1.165) is 18.8 Å². The first-order chi connectivity index (χ1) is 13.3. The first kappa shape index (κ1) is 17.4. The number of nitrogens with one attached hydrogen (secondary N) is 1. The zero-order chi connectivity index (χ0) is 18.5. The van der Waals surface area contributed by atoms with Gasteiger partial charge in [0, 0.05) is 37.2 Å². The summed E-state index contributed by atoms with van der Waals surface area (Å²) in [4.78, 5) is 15.1. The van der Waals surface area contributed by atoms with Gasteiger partial charge in [-0.1, -0.05) is 30.3 Å². The van der Waals surface area contributed by atoms with Gasteiger partial charge >= 0.3 is 0 Å². The summed E-state index contributed by atoms with van der Waals surface area (Å²) in [5, 5.41) is 3.02. The highest BCUT2D eigenvalue weighted by molar-refractivity contribution is 6.03. The number of rotatable bonds is 5. The van der Waals surface area contributed by atoms with Gasteiger partial charge in [-0.3, -0.25) is 4.79 Å². The summed E-state index contributed by atoms with van der Waals surface area (Å²) in [6, 6.07) is 22.1. The molecule has 1 aliphatic heterocycles. The Labute approximate surface area is 160 Å². The van der Waals surface area contributed by atoms with Gasteiger partial charge in [0.25, 0.3) is 5.91 Å². The summed E-state index contributed by atoms with van der Waals surface area (Å²) in [5.41, 5.74) is 3.90. The lowest BCUT2D eigenvalue weighted by Gasteiger charge is -2.28. The molecule has 0 saturated carbocycles. The van der Waals surface area contributed by atoms with Crippen LogP contribution < -0.4 is 10.2 Å². The Morgan fingerprint density at radius 3 is 2.33 bits per heavy atom. The molecule has 1 amide bonds. The summed E-state index contributed by atoms with van der Waals surface area (Å²) in [7, 11) is 0. The van der Waals surface area contributed by atoms with Crippen molar-refractivity contribution in [3.63, 3.8) is 0 Å². The highest BCUT2D eigenvalue weighted by atomic mass is 16.1. The largest absolute Gasteiger partial charge is 0.372 e. The predicted octanol–water partition coefficient (Wildman–Crippen LogP) is 4.78. The third kappa shape index (κ3) is 4.22. The molecule has 1 N–H and O–H groups in total. The van der Waals surface area contributed by atoms with Crippen LogP contribution in [0, 0.1) is 0 Å². The number of nitrogens with zero attached hydrogens (tertiary/aromatic N) is 2. The molecule has 4 rings (SSSR count). The van der Waals surface area contributed by atoms with Crippen LogP contribution in [0.3, 0.4) is 0 Å². The second-order valence-corrected chi connectivity index (χ2v) is 7.06. The predicted molar refractivity (Wildman–Crippen MR) is 110 cm³/mol. The number of hydrogen-bond acceptors (Lipinski definition) is 2. The molecule has 0 atom stereocenters. The highest BCUT2D eigenvalue weighted by Gasteiger charge is 2.13. The van der Waals surface area contributed by atoms with Crippen LogP contribution in [0.25, 0.3) is 0 Å². The average Bonchev–Trinajstić information content (AvgIpc) is 3.18. The van der Waals surface area contributed by atoms with Crippen molar-refractivity contribution < 1.29 is 4.79 Å². The maximum absolute atomic E-state index is 12.7. The van der Waals surface area contributed by atoms with Crippen molar-refractivity contribution in [1.82, 2.24) is 4.57 Å². The van der Waals surface area contributed by atoms with Gasteiger partial charge in [0.15, 0.2) is 0 Å². The van der Waals surface area contributed by atoms with Gasteiger partial charge in [0.2, 0.25) is 0 Å². The maximum Gasteiger partial charge on any atom is 0.272 e. The van der Waals surface area contributed by atoms with Crippen LogP contribution in [0.1, 0.15) is 35.3 Å². The van der Waals surface area contributed by atoms with E-state index in [1.54, 1.807) is 0 Å². The standard InChI is InChI=1S/C23H25N3O/c27-23(22-10-7-17-26(22)18-19-8-3-1-4-9-19)24-20-11-13-21(14-12-20)25-15-5-2-6-16-25/h1,3-4,7-14,17H,2,5-6,15-16,18H2,(H,24,27).